The van der Waals surface area contributed by atoms with Crippen LogP contribution in [0, 0.1) is 69.5 Å². The zero-order chi connectivity index (χ0) is 23.1. The van der Waals surface area contributed by atoms with Crippen molar-refractivity contribution < 1.29 is 9.84 Å². The lowest BCUT2D eigenvalue weighted by molar-refractivity contribution is -0.161. The molecular formula is C30H52O2. The Bertz CT molecular complexity index is 703. The van der Waals surface area contributed by atoms with Gasteiger partial charge in [-0.3, -0.25) is 0 Å². The molecule has 0 aromatic rings. The molecule has 0 aromatic heterocycles. The van der Waals surface area contributed by atoms with Crippen LogP contribution >= 0.6 is 0 Å². The highest BCUT2D eigenvalue weighted by Crippen LogP contribution is 2.82. The first-order valence-corrected chi connectivity index (χ1v) is 14.3. The molecule has 5 aliphatic rings. The Labute approximate surface area is 198 Å². The van der Waals surface area contributed by atoms with Crippen LogP contribution in [-0.2, 0) is 4.74 Å². The SMILES string of the molecule is CO[C@@H]1C[C@H]2[C@@H]3CC[C@H]([C@H](C)[C@H](C)C[C@H](CO)C(C)C)[C@@]3(C)CC[C@@H]2[C@@]2(C)CC[C@@H]3C[C@]312. The van der Waals surface area contributed by atoms with E-state index in [1.807, 2.05) is 7.11 Å². The van der Waals surface area contributed by atoms with Crippen molar-refractivity contribution in [3.05, 3.63) is 0 Å². The van der Waals surface area contributed by atoms with E-state index in [4.69, 9.17) is 4.74 Å². The van der Waals surface area contributed by atoms with Crippen LogP contribution in [0.15, 0.2) is 0 Å². The summed E-state index contributed by atoms with van der Waals surface area (Å²) in [4.78, 5) is 0. The van der Waals surface area contributed by atoms with E-state index in [0.717, 1.165) is 35.5 Å². The van der Waals surface area contributed by atoms with E-state index < -0.39 is 0 Å². The first-order valence-electron chi connectivity index (χ1n) is 14.3. The number of methoxy groups -OCH3 is 1. The number of hydrogen-bond acceptors (Lipinski definition) is 2. The number of aliphatic hydroxyl groups excluding tert-OH is 1. The standard InChI is InChI=1S/C30H52O2/c1-18(2)21(17-31)14-19(3)20(4)24-8-9-25-23-15-27(32-7)30-16-22(30)10-13-29(30,6)26(23)11-12-28(24,25)5/h18-27,31H,8-17H2,1-7H3/t19-,20-,21-,22-,23+,24-,25+,26+,27-,28-,29-,30+/m1/s1. The third-order valence-electron chi connectivity index (χ3n) is 13.3. The molecule has 5 fully saturated rings. The first-order chi connectivity index (χ1) is 15.1. The maximum atomic E-state index is 9.92. The van der Waals surface area contributed by atoms with Gasteiger partial charge < -0.3 is 9.84 Å². The van der Waals surface area contributed by atoms with Crippen LogP contribution in [0.1, 0.15) is 99.3 Å². The summed E-state index contributed by atoms with van der Waals surface area (Å²) in [5.74, 6) is 7.08. The molecule has 2 nitrogen and oxygen atoms in total. The number of aliphatic hydroxyl groups is 1. The van der Waals surface area contributed by atoms with E-state index >= 15 is 0 Å². The summed E-state index contributed by atoms with van der Waals surface area (Å²) in [5.41, 5.74) is 1.61. The summed E-state index contributed by atoms with van der Waals surface area (Å²) in [5, 5.41) is 9.92. The van der Waals surface area contributed by atoms with Gasteiger partial charge in [0.1, 0.15) is 0 Å². The highest BCUT2D eigenvalue weighted by atomic mass is 16.5. The molecule has 0 heterocycles. The molecule has 0 amide bonds. The van der Waals surface area contributed by atoms with Crippen molar-refractivity contribution in [2.45, 2.75) is 105 Å². The fourth-order valence-electron chi connectivity index (χ4n) is 11.1. The van der Waals surface area contributed by atoms with E-state index in [1.165, 1.54) is 57.8 Å². The van der Waals surface area contributed by atoms with Gasteiger partial charge in [-0.2, -0.15) is 0 Å². The van der Waals surface area contributed by atoms with Gasteiger partial charge in [-0.1, -0.05) is 41.5 Å². The fourth-order valence-corrected chi connectivity index (χ4v) is 11.1. The fraction of sp³-hybridized carbons (Fsp3) is 1.00. The molecule has 5 rings (SSSR count). The average molecular weight is 445 g/mol. The molecule has 1 spiro atoms. The molecule has 0 unspecified atom stereocenters. The molecule has 5 saturated carbocycles. The maximum Gasteiger partial charge on any atom is 0.0638 e. The average Bonchev–Trinajstić information content (AvgIpc) is 3.27. The molecule has 1 N–H and O–H groups in total. The highest BCUT2D eigenvalue weighted by Gasteiger charge is 2.77. The van der Waals surface area contributed by atoms with Crippen LogP contribution in [0.2, 0.25) is 0 Å². The zero-order valence-electron chi connectivity index (χ0n) is 22.2. The molecule has 5 aliphatic carbocycles. The third-order valence-corrected chi connectivity index (χ3v) is 13.3. The molecule has 32 heavy (non-hydrogen) atoms. The molecule has 184 valence electrons. The van der Waals surface area contributed by atoms with Crippen molar-refractivity contribution in [2.24, 2.45) is 69.5 Å². The highest BCUT2D eigenvalue weighted by molar-refractivity contribution is 5.26. The predicted molar refractivity (Wildman–Crippen MR) is 132 cm³/mol. The monoisotopic (exact) mass is 444 g/mol. The van der Waals surface area contributed by atoms with Crippen molar-refractivity contribution in [3.63, 3.8) is 0 Å². The largest absolute Gasteiger partial charge is 0.396 e. The van der Waals surface area contributed by atoms with Crippen molar-refractivity contribution >= 4 is 0 Å². The number of fused-ring (bicyclic) bond motifs is 4. The summed E-state index contributed by atoms with van der Waals surface area (Å²) in [6.07, 6.45) is 13.3. The normalized spacial score (nSPS) is 52.0. The van der Waals surface area contributed by atoms with Gasteiger partial charge in [-0.15, -0.1) is 0 Å². The Morgan fingerprint density at radius 3 is 2.34 bits per heavy atom. The summed E-state index contributed by atoms with van der Waals surface area (Å²) in [6, 6.07) is 0. The lowest BCUT2D eigenvalue weighted by Crippen LogP contribution is -2.57. The van der Waals surface area contributed by atoms with E-state index in [9.17, 15) is 5.11 Å². The minimum atomic E-state index is 0.350. The molecule has 0 aliphatic heterocycles. The molecule has 0 aromatic carbocycles. The smallest absolute Gasteiger partial charge is 0.0638 e. The van der Waals surface area contributed by atoms with Gasteiger partial charge in [0.05, 0.1) is 6.10 Å². The molecular weight excluding hydrogens is 392 g/mol. The topological polar surface area (TPSA) is 29.5 Å². The maximum absolute atomic E-state index is 9.92. The van der Waals surface area contributed by atoms with Crippen molar-refractivity contribution in [1.82, 2.24) is 0 Å². The second-order valence-corrected chi connectivity index (χ2v) is 14.2. The summed E-state index contributed by atoms with van der Waals surface area (Å²) < 4.78 is 6.31. The van der Waals surface area contributed by atoms with Gasteiger partial charge in [0.15, 0.2) is 0 Å². The third kappa shape index (κ3) is 3.03. The molecule has 0 radical (unpaired) electrons. The van der Waals surface area contributed by atoms with Gasteiger partial charge in [0.2, 0.25) is 0 Å². The zero-order valence-corrected chi connectivity index (χ0v) is 22.2. The van der Waals surface area contributed by atoms with Gasteiger partial charge in [0.25, 0.3) is 0 Å². The minimum absolute atomic E-state index is 0.350. The number of hydrogen-bond donors (Lipinski definition) is 1. The van der Waals surface area contributed by atoms with Crippen LogP contribution in [0.5, 0.6) is 0 Å². The van der Waals surface area contributed by atoms with Crippen molar-refractivity contribution in [3.8, 4) is 0 Å². The van der Waals surface area contributed by atoms with Crippen LogP contribution in [0.25, 0.3) is 0 Å². The lowest BCUT2D eigenvalue weighted by Gasteiger charge is -2.61. The Morgan fingerprint density at radius 1 is 0.969 bits per heavy atom. The van der Waals surface area contributed by atoms with Crippen LogP contribution in [-0.4, -0.2) is 24.9 Å². The van der Waals surface area contributed by atoms with Gasteiger partial charge in [-0.05, 0) is 122 Å². The van der Waals surface area contributed by atoms with E-state index in [0.29, 0.717) is 46.7 Å². The van der Waals surface area contributed by atoms with Crippen molar-refractivity contribution in [2.75, 3.05) is 13.7 Å². The summed E-state index contributed by atoms with van der Waals surface area (Å²) >= 11 is 0. The number of ether oxygens (including phenoxy) is 1. The molecule has 12 atom stereocenters. The Hall–Kier alpha value is -0.0800. The Morgan fingerprint density at radius 2 is 1.72 bits per heavy atom. The second-order valence-electron chi connectivity index (χ2n) is 14.2. The van der Waals surface area contributed by atoms with E-state index in [-0.39, 0.29) is 0 Å². The van der Waals surface area contributed by atoms with E-state index in [2.05, 4.69) is 41.5 Å². The molecule has 0 bridgehead atoms. The lowest BCUT2D eigenvalue weighted by atomic mass is 9.45. The van der Waals surface area contributed by atoms with Gasteiger partial charge >= 0.3 is 0 Å². The van der Waals surface area contributed by atoms with Crippen LogP contribution < -0.4 is 0 Å². The van der Waals surface area contributed by atoms with Gasteiger partial charge in [0, 0.05) is 19.1 Å². The molecule has 2 heteroatoms. The van der Waals surface area contributed by atoms with E-state index in [1.54, 1.807) is 0 Å². The Balaban J connectivity index is 1.36. The first kappa shape index (κ1) is 23.7. The van der Waals surface area contributed by atoms with Crippen molar-refractivity contribution in [1.29, 1.82) is 0 Å². The van der Waals surface area contributed by atoms with Gasteiger partial charge in [-0.25, -0.2) is 0 Å². The second kappa shape index (κ2) is 7.97. The molecule has 0 saturated heterocycles. The number of rotatable bonds is 7. The Kier molecular flexibility index (Phi) is 5.89. The summed E-state index contributed by atoms with van der Waals surface area (Å²) in [7, 11) is 2.02. The quantitative estimate of drug-likeness (QED) is 0.450. The summed E-state index contributed by atoms with van der Waals surface area (Å²) in [6.45, 7) is 15.3. The van der Waals surface area contributed by atoms with Crippen LogP contribution in [0.4, 0.5) is 0 Å². The predicted octanol–water partition coefficient (Wildman–Crippen LogP) is 7.20. The minimum Gasteiger partial charge on any atom is -0.396 e. The van der Waals surface area contributed by atoms with Crippen LogP contribution in [0.3, 0.4) is 0 Å².